The van der Waals surface area contributed by atoms with E-state index in [4.69, 9.17) is 19.7 Å². The van der Waals surface area contributed by atoms with Crippen molar-refractivity contribution in [3.8, 4) is 17.2 Å². The molecule has 0 unspecified atom stereocenters. The SMILES string of the molecule is O=C(O)c1ccc(OC(=O)c2cccc(Oc3ccc(C(=O)O)cc3)c2)cc1. The number of carboxylic acid groups (broad SMARTS) is 2. The molecule has 0 fully saturated rings. The molecule has 7 heteroatoms. The molecule has 7 nitrogen and oxygen atoms in total. The summed E-state index contributed by atoms with van der Waals surface area (Å²) in [6.07, 6.45) is 0. The van der Waals surface area contributed by atoms with Crippen molar-refractivity contribution in [2.75, 3.05) is 0 Å². The van der Waals surface area contributed by atoms with Crippen LogP contribution in [0.3, 0.4) is 0 Å². The first-order chi connectivity index (χ1) is 13.4. The molecular weight excluding hydrogens is 364 g/mol. The monoisotopic (exact) mass is 378 g/mol. The van der Waals surface area contributed by atoms with E-state index < -0.39 is 17.9 Å². The summed E-state index contributed by atoms with van der Waals surface area (Å²) in [6, 6.07) is 17.6. The zero-order valence-corrected chi connectivity index (χ0v) is 14.4. The molecular formula is C21H14O7. The molecule has 2 N–H and O–H groups in total. The summed E-state index contributed by atoms with van der Waals surface area (Å²) in [6.45, 7) is 0. The Kier molecular flexibility index (Phi) is 5.36. The van der Waals surface area contributed by atoms with Crippen molar-refractivity contribution in [1.82, 2.24) is 0 Å². The summed E-state index contributed by atoms with van der Waals surface area (Å²) < 4.78 is 10.9. The minimum Gasteiger partial charge on any atom is -0.478 e. The van der Waals surface area contributed by atoms with Gasteiger partial charge in [0.1, 0.15) is 17.2 Å². The third kappa shape index (κ3) is 4.53. The van der Waals surface area contributed by atoms with Gasteiger partial charge in [-0.15, -0.1) is 0 Å². The Hall–Kier alpha value is -4.13. The second-order valence-corrected chi connectivity index (χ2v) is 5.68. The molecule has 0 saturated carbocycles. The lowest BCUT2D eigenvalue weighted by Gasteiger charge is -2.08. The van der Waals surface area contributed by atoms with Crippen molar-refractivity contribution in [3.05, 3.63) is 89.5 Å². The molecule has 140 valence electrons. The molecule has 28 heavy (non-hydrogen) atoms. The molecule has 0 saturated heterocycles. The zero-order valence-electron chi connectivity index (χ0n) is 14.4. The van der Waals surface area contributed by atoms with Crippen LogP contribution in [0.15, 0.2) is 72.8 Å². The fourth-order valence-corrected chi connectivity index (χ4v) is 2.32. The van der Waals surface area contributed by atoms with E-state index >= 15 is 0 Å². The van der Waals surface area contributed by atoms with Crippen LogP contribution >= 0.6 is 0 Å². The largest absolute Gasteiger partial charge is 0.478 e. The number of carboxylic acids is 2. The summed E-state index contributed by atoms with van der Waals surface area (Å²) in [5.74, 6) is -1.73. The summed E-state index contributed by atoms with van der Waals surface area (Å²) in [5.41, 5.74) is 0.463. The highest BCUT2D eigenvalue weighted by Crippen LogP contribution is 2.23. The quantitative estimate of drug-likeness (QED) is 0.491. The van der Waals surface area contributed by atoms with Gasteiger partial charge in [0.15, 0.2) is 0 Å². The number of carbonyl (C=O) groups is 3. The van der Waals surface area contributed by atoms with E-state index in [1.807, 2.05) is 0 Å². The molecule has 3 aromatic carbocycles. The van der Waals surface area contributed by atoms with Gasteiger partial charge in [0.25, 0.3) is 0 Å². The van der Waals surface area contributed by atoms with Crippen molar-refractivity contribution in [2.24, 2.45) is 0 Å². The number of esters is 1. The van der Waals surface area contributed by atoms with E-state index in [2.05, 4.69) is 0 Å². The van der Waals surface area contributed by atoms with Crippen molar-refractivity contribution < 1.29 is 34.1 Å². The fourth-order valence-electron chi connectivity index (χ4n) is 2.32. The molecule has 0 aliphatic carbocycles. The number of benzene rings is 3. The topological polar surface area (TPSA) is 110 Å². The fraction of sp³-hybridized carbons (Fsp3) is 0. The van der Waals surface area contributed by atoms with Crippen LogP contribution in [0.5, 0.6) is 17.2 Å². The number of carbonyl (C=O) groups excluding carboxylic acids is 1. The number of ether oxygens (including phenoxy) is 2. The Labute approximate surface area is 159 Å². The summed E-state index contributed by atoms with van der Waals surface area (Å²) >= 11 is 0. The number of hydrogen-bond donors (Lipinski definition) is 2. The highest BCUT2D eigenvalue weighted by Gasteiger charge is 2.11. The van der Waals surface area contributed by atoms with Crippen LogP contribution in [0.25, 0.3) is 0 Å². The lowest BCUT2D eigenvalue weighted by molar-refractivity contribution is 0.0685. The predicted molar refractivity (Wildman–Crippen MR) is 98.3 cm³/mol. The van der Waals surface area contributed by atoms with Gasteiger partial charge >= 0.3 is 17.9 Å². The molecule has 0 radical (unpaired) electrons. The number of hydrogen-bond acceptors (Lipinski definition) is 5. The molecule has 0 aromatic heterocycles. The number of rotatable bonds is 6. The maximum Gasteiger partial charge on any atom is 0.343 e. The van der Waals surface area contributed by atoms with Gasteiger partial charge in [0.2, 0.25) is 0 Å². The van der Waals surface area contributed by atoms with Crippen LogP contribution in [0.2, 0.25) is 0 Å². The Balaban J connectivity index is 1.70. The maximum absolute atomic E-state index is 12.3. The van der Waals surface area contributed by atoms with E-state index in [9.17, 15) is 14.4 Å². The average molecular weight is 378 g/mol. The third-order valence-corrected chi connectivity index (χ3v) is 3.72. The van der Waals surface area contributed by atoms with Gasteiger partial charge in [-0.1, -0.05) is 6.07 Å². The van der Waals surface area contributed by atoms with Gasteiger partial charge in [0.05, 0.1) is 16.7 Å². The van der Waals surface area contributed by atoms with Gasteiger partial charge in [0, 0.05) is 0 Å². The molecule has 0 atom stereocenters. The molecule has 0 amide bonds. The van der Waals surface area contributed by atoms with Crippen molar-refractivity contribution in [1.29, 1.82) is 0 Å². The normalized spacial score (nSPS) is 10.1. The Morgan fingerprint density at radius 3 is 1.68 bits per heavy atom. The Morgan fingerprint density at radius 1 is 0.607 bits per heavy atom. The highest BCUT2D eigenvalue weighted by atomic mass is 16.5. The summed E-state index contributed by atoms with van der Waals surface area (Å²) in [5, 5.41) is 17.8. The third-order valence-electron chi connectivity index (χ3n) is 3.72. The molecule has 0 aliphatic heterocycles. The number of aromatic carboxylic acids is 2. The van der Waals surface area contributed by atoms with E-state index in [0.717, 1.165) is 0 Å². The molecule has 0 bridgehead atoms. The van der Waals surface area contributed by atoms with Crippen molar-refractivity contribution in [3.63, 3.8) is 0 Å². The van der Waals surface area contributed by atoms with Crippen LogP contribution in [-0.4, -0.2) is 28.1 Å². The summed E-state index contributed by atoms with van der Waals surface area (Å²) in [4.78, 5) is 34.0. The maximum atomic E-state index is 12.3. The zero-order chi connectivity index (χ0) is 20.1. The van der Waals surface area contributed by atoms with Gasteiger partial charge in [-0.3, -0.25) is 0 Å². The van der Waals surface area contributed by atoms with Crippen LogP contribution in [0.4, 0.5) is 0 Å². The van der Waals surface area contributed by atoms with E-state index in [0.29, 0.717) is 11.5 Å². The summed E-state index contributed by atoms with van der Waals surface area (Å²) in [7, 11) is 0. The first-order valence-corrected chi connectivity index (χ1v) is 8.09. The standard InChI is InChI=1S/C21H14O7/c22-19(23)13-4-8-16(9-5-13)27-18-3-1-2-15(12-18)21(26)28-17-10-6-14(7-11-17)20(24)25/h1-12H,(H,22,23)(H,24,25). The first-order valence-electron chi connectivity index (χ1n) is 8.09. The molecule has 3 aromatic rings. The predicted octanol–water partition coefficient (Wildman–Crippen LogP) is 4.09. The van der Waals surface area contributed by atoms with Gasteiger partial charge < -0.3 is 19.7 Å². The minimum atomic E-state index is -1.07. The highest BCUT2D eigenvalue weighted by molar-refractivity contribution is 5.92. The second kappa shape index (κ2) is 8.05. The van der Waals surface area contributed by atoms with Crippen LogP contribution in [0.1, 0.15) is 31.1 Å². The second-order valence-electron chi connectivity index (χ2n) is 5.68. The van der Waals surface area contributed by atoms with Gasteiger partial charge in [-0.2, -0.15) is 0 Å². The van der Waals surface area contributed by atoms with E-state index in [1.165, 1.54) is 54.6 Å². The van der Waals surface area contributed by atoms with Gasteiger partial charge in [-0.05, 0) is 66.7 Å². The van der Waals surface area contributed by atoms with Crippen molar-refractivity contribution in [2.45, 2.75) is 0 Å². The minimum absolute atomic E-state index is 0.0871. The van der Waals surface area contributed by atoms with Crippen LogP contribution in [0, 0.1) is 0 Å². The first kappa shape index (κ1) is 18.7. The Bertz CT molecular complexity index is 1020. The Morgan fingerprint density at radius 2 is 1.14 bits per heavy atom. The van der Waals surface area contributed by atoms with E-state index in [-0.39, 0.29) is 22.4 Å². The smallest absolute Gasteiger partial charge is 0.343 e. The van der Waals surface area contributed by atoms with Crippen LogP contribution < -0.4 is 9.47 Å². The molecule has 0 heterocycles. The van der Waals surface area contributed by atoms with Crippen LogP contribution in [-0.2, 0) is 0 Å². The molecule has 0 aliphatic rings. The lowest BCUT2D eigenvalue weighted by Crippen LogP contribution is -2.08. The molecule has 3 rings (SSSR count). The van der Waals surface area contributed by atoms with E-state index in [1.54, 1.807) is 18.2 Å². The van der Waals surface area contributed by atoms with Gasteiger partial charge in [-0.25, -0.2) is 14.4 Å². The molecule has 0 spiro atoms. The average Bonchev–Trinajstić information content (AvgIpc) is 2.69. The van der Waals surface area contributed by atoms with Crippen molar-refractivity contribution >= 4 is 17.9 Å². The lowest BCUT2D eigenvalue weighted by atomic mass is 10.2.